The highest BCUT2D eigenvalue weighted by Crippen LogP contribution is 2.25. The Kier molecular flexibility index (Phi) is 6.32. The number of benzene rings is 1. The van der Waals surface area contributed by atoms with Gasteiger partial charge in [-0.1, -0.05) is 23.7 Å². The van der Waals surface area contributed by atoms with Crippen LogP contribution in [0.2, 0.25) is 5.02 Å². The standard InChI is InChI=1S/C22H23ClN4O2S/c1-16-5-7-20(30-16)19-6-8-21(28)27(24-19)15-22(29)26-11-9-25(10-12-26)14-17-3-2-4-18(23)13-17/h2-8,13H,9-12,14-15H2,1H3. The lowest BCUT2D eigenvalue weighted by atomic mass is 10.2. The van der Waals surface area contributed by atoms with Gasteiger partial charge in [-0.3, -0.25) is 14.5 Å². The second-order valence-electron chi connectivity index (χ2n) is 7.41. The van der Waals surface area contributed by atoms with Crippen molar-refractivity contribution in [2.24, 2.45) is 0 Å². The van der Waals surface area contributed by atoms with Crippen molar-refractivity contribution in [2.45, 2.75) is 20.0 Å². The van der Waals surface area contributed by atoms with Crippen molar-refractivity contribution < 1.29 is 4.79 Å². The quantitative estimate of drug-likeness (QED) is 0.608. The predicted molar refractivity (Wildman–Crippen MR) is 120 cm³/mol. The zero-order valence-electron chi connectivity index (χ0n) is 16.8. The van der Waals surface area contributed by atoms with Crippen LogP contribution in [0.4, 0.5) is 0 Å². The molecular weight excluding hydrogens is 420 g/mol. The lowest BCUT2D eigenvalue weighted by molar-refractivity contribution is -0.133. The van der Waals surface area contributed by atoms with E-state index < -0.39 is 0 Å². The maximum Gasteiger partial charge on any atom is 0.267 e. The molecule has 1 amide bonds. The number of amides is 1. The number of carbonyl (C=O) groups is 1. The molecule has 6 nitrogen and oxygen atoms in total. The minimum Gasteiger partial charge on any atom is -0.339 e. The van der Waals surface area contributed by atoms with E-state index in [1.165, 1.54) is 21.2 Å². The van der Waals surface area contributed by atoms with Gasteiger partial charge in [0.15, 0.2) is 0 Å². The van der Waals surface area contributed by atoms with Crippen LogP contribution >= 0.6 is 22.9 Å². The van der Waals surface area contributed by atoms with Crippen LogP contribution in [0.3, 0.4) is 0 Å². The van der Waals surface area contributed by atoms with Gasteiger partial charge in [0.25, 0.3) is 5.56 Å². The van der Waals surface area contributed by atoms with Gasteiger partial charge in [-0.15, -0.1) is 11.3 Å². The van der Waals surface area contributed by atoms with E-state index in [4.69, 9.17) is 11.6 Å². The number of rotatable bonds is 5. The minimum atomic E-state index is -0.264. The number of hydrogen-bond donors (Lipinski definition) is 0. The average molecular weight is 443 g/mol. The molecule has 0 unspecified atom stereocenters. The Morgan fingerprint density at radius 2 is 1.90 bits per heavy atom. The summed E-state index contributed by atoms with van der Waals surface area (Å²) in [4.78, 5) is 31.3. The number of aromatic nitrogens is 2. The molecule has 0 saturated carbocycles. The lowest BCUT2D eigenvalue weighted by Gasteiger charge is -2.34. The fourth-order valence-electron chi connectivity index (χ4n) is 3.54. The number of piperazine rings is 1. The summed E-state index contributed by atoms with van der Waals surface area (Å²) in [6, 6.07) is 15.0. The maximum atomic E-state index is 12.8. The van der Waals surface area contributed by atoms with Gasteiger partial charge < -0.3 is 4.90 Å². The first-order chi connectivity index (χ1) is 14.5. The van der Waals surface area contributed by atoms with Crippen molar-refractivity contribution in [3.05, 3.63) is 74.3 Å². The van der Waals surface area contributed by atoms with Gasteiger partial charge in [-0.05, 0) is 42.8 Å². The smallest absolute Gasteiger partial charge is 0.267 e. The first-order valence-electron chi connectivity index (χ1n) is 9.87. The van der Waals surface area contributed by atoms with E-state index in [-0.39, 0.29) is 18.0 Å². The van der Waals surface area contributed by atoms with Gasteiger partial charge in [-0.2, -0.15) is 5.10 Å². The SMILES string of the molecule is Cc1ccc(-c2ccc(=O)n(CC(=O)N3CCN(Cc4cccc(Cl)c4)CC3)n2)s1. The van der Waals surface area contributed by atoms with Gasteiger partial charge in [0, 0.05) is 48.7 Å². The van der Waals surface area contributed by atoms with E-state index in [0.717, 1.165) is 29.5 Å². The first-order valence-corrected chi connectivity index (χ1v) is 11.1. The summed E-state index contributed by atoms with van der Waals surface area (Å²) in [6.07, 6.45) is 0. The van der Waals surface area contributed by atoms with Crippen LogP contribution in [0, 0.1) is 6.92 Å². The molecule has 156 valence electrons. The van der Waals surface area contributed by atoms with Crippen molar-refractivity contribution in [2.75, 3.05) is 26.2 Å². The van der Waals surface area contributed by atoms with Gasteiger partial charge >= 0.3 is 0 Å². The molecule has 0 atom stereocenters. The third-order valence-electron chi connectivity index (χ3n) is 5.16. The molecule has 8 heteroatoms. The van der Waals surface area contributed by atoms with Crippen LogP contribution in [-0.4, -0.2) is 51.7 Å². The molecule has 30 heavy (non-hydrogen) atoms. The van der Waals surface area contributed by atoms with E-state index in [0.29, 0.717) is 18.8 Å². The third kappa shape index (κ3) is 4.98. The molecule has 0 bridgehead atoms. The van der Waals surface area contributed by atoms with Crippen molar-refractivity contribution in [3.63, 3.8) is 0 Å². The summed E-state index contributed by atoms with van der Waals surface area (Å²) in [6.45, 7) is 5.65. The highest BCUT2D eigenvalue weighted by Gasteiger charge is 2.22. The number of thiophene rings is 1. The van der Waals surface area contributed by atoms with Gasteiger partial charge in [0.1, 0.15) is 12.2 Å². The molecule has 0 aliphatic carbocycles. The molecular formula is C22H23ClN4O2S. The lowest BCUT2D eigenvalue weighted by Crippen LogP contribution is -2.49. The summed E-state index contributed by atoms with van der Waals surface area (Å²) >= 11 is 7.68. The summed E-state index contributed by atoms with van der Waals surface area (Å²) < 4.78 is 1.27. The molecule has 3 aromatic rings. The minimum absolute atomic E-state index is 0.0364. The summed E-state index contributed by atoms with van der Waals surface area (Å²) in [5.74, 6) is -0.0773. The number of aryl methyl sites for hydroxylation is 1. The number of carbonyl (C=O) groups excluding carboxylic acids is 1. The third-order valence-corrected chi connectivity index (χ3v) is 6.42. The maximum absolute atomic E-state index is 12.8. The fraction of sp³-hybridized carbons (Fsp3) is 0.318. The first kappa shape index (κ1) is 20.8. The summed E-state index contributed by atoms with van der Waals surface area (Å²) in [5, 5.41) is 5.15. The van der Waals surface area contributed by atoms with E-state index in [1.807, 2.05) is 42.2 Å². The Hall–Kier alpha value is -2.48. The molecule has 1 aliphatic heterocycles. The van der Waals surface area contributed by atoms with Crippen LogP contribution in [-0.2, 0) is 17.9 Å². The normalized spacial score (nSPS) is 14.8. The molecule has 1 fully saturated rings. The fourth-order valence-corrected chi connectivity index (χ4v) is 4.59. The van der Waals surface area contributed by atoms with E-state index >= 15 is 0 Å². The number of hydrogen-bond acceptors (Lipinski definition) is 5. The Morgan fingerprint density at radius 1 is 1.10 bits per heavy atom. The highest BCUT2D eigenvalue weighted by atomic mass is 35.5. The Balaban J connectivity index is 1.36. The Labute approximate surface area is 184 Å². The van der Waals surface area contributed by atoms with Crippen molar-refractivity contribution >= 4 is 28.8 Å². The monoisotopic (exact) mass is 442 g/mol. The van der Waals surface area contributed by atoms with Crippen LogP contribution in [0.5, 0.6) is 0 Å². The summed E-state index contributed by atoms with van der Waals surface area (Å²) in [7, 11) is 0. The van der Waals surface area contributed by atoms with Gasteiger partial charge in [0.2, 0.25) is 5.91 Å². The van der Waals surface area contributed by atoms with Crippen molar-refractivity contribution in [1.29, 1.82) is 0 Å². The summed E-state index contributed by atoms with van der Waals surface area (Å²) in [5.41, 5.74) is 1.62. The van der Waals surface area contributed by atoms with E-state index in [1.54, 1.807) is 17.4 Å². The topological polar surface area (TPSA) is 58.4 Å². The molecule has 4 rings (SSSR count). The van der Waals surface area contributed by atoms with Crippen molar-refractivity contribution in [3.8, 4) is 10.6 Å². The molecule has 1 aliphatic rings. The van der Waals surface area contributed by atoms with Crippen LogP contribution in [0.15, 0.2) is 53.3 Å². The van der Waals surface area contributed by atoms with Crippen LogP contribution in [0.1, 0.15) is 10.4 Å². The zero-order chi connectivity index (χ0) is 21.1. The number of halogens is 1. The molecule has 1 aromatic carbocycles. The number of nitrogens with zero attached hydrogens (tertiary/aromatic N) is 4. The molecule has 3 heterocycles. The van der Waals surface area contributed by atoms with E-state index in [2.05, 4.69) is 16.1 Å². The largest absolute Gasteiger partial charge is 0.339 e. The molecule has 0 N–H and O–H groups in total. The Bertz CT molecular complexity index is 1100. The van der Waals surface area contributed by atoms with E-state index in [9.17, 15) is 9.59 Å². The Morgan fingerprint density at radius 3 is 2.60 bits per heavy atom. The predicted octanol–water partition coefficient (Wildman–Crippen LogP) is 3.28. The van der Waals surface area contributed by atoms with Gasteiger partial charge in [0.05, 0.1) is 4.88 Å². The second-order valence-corrected chi connectivity index (χ2v) is 9.14. The second kappa shape index (κ2) is 9.12. The molecule has 0 spiro atoms. The van der Waals surface area contributed by atoms with Crippen LogP contribution < -0.4 is 5.56 Å². The average Bonchev–Trinajstić information content (AvgIpc) is 3.16. The highest BCUT2D eigenvalue weighted by molar-refractivity contribution is 7.15. The molecule has 1 saturated heterocycles. The molecule has 0 radical (unpaired) electrons. The zero-order valence-corrected chi connectivity index (χ0v) is 18.3. The van der Waals surface area contributed by atoms with Crippen LogP contribution in [0.25, 0.3) is 10.6 Å². The molecule has 2 aromatic heterocycles. The van der Waals surface area contributed by atoms with Crippen molar-refractivity contribution in [1.82, 2.24) is 19.6 Å². The van der Waals surface area contributed by atoms with Gasteiger partial charge in [-0.25, -0.2) is 4.68 Å².